The van der Waals surface area contributed by atoms with Crippen LogP contribution < -0.4 is 5.32 Å². The predicted molar refractivity (Wildman–Crippen MR) is 69.2 cm³/mol. The highest BCUT2D eigenvalue weighted by molar-refractivity contribution is 5.97. The first-order valence-electron chi connectivity index (χ1n) is 5.78. The molecule has 20 heavy (non-hydrogen) atoms. The normalized spacial score (nSPS) is 11.6. The fraction of sp³-hybridized carbons (Fsp3) is 0.231. The maximum atomic E-state index is 13.0. The van der Waals surface area contributed by atoms with Gasteiger partial charge in [-0.05, 0) is 11.5 Å². The van der Waals surface area contributed by atoms with Gasteiger partial charge in [0.05, 0.1) is 6.54 Å². The fourth-order valence-electron chi connectivity index (χ4n) is 1.71. The molecule has 0 atom stereocenters. The van der Waals surface area contributed by atoms with E-state index in [4.69, 9.17) is 10.2 Å². The summed E-state index contributed by atoms with van der Waals surface area (Å²) in [5, 5.41) is 21.0. The summed E-state index contributed by atoms with van der Waals surface area (Å²) in [5.74, 6) is -4.50. The van der Waals surface area contributed by atoms with Gasteiger partial charge in [0.1, 0.15) is 12.4 Å². The third-order valence-electron chi connectivity index (χ3n) is 2.71. The van der Waals surface area contributed by atoms with E-state index in [-0.39, 0.29) is 11.5 Å². The van der Waals surface area contributed by atoms with E-state index in [0.29, 0.717) is 10.8 Å². The Balaban J connectivity index is 2.42. The maximum Gasteiger partial charge on any atom is 0.354 e. The smallest absolute Gasteiger partial charge is 0.354 e. The highest BCUT2D eigenvalue weighted by atomic mass is 19.3. The molecule has 0 spiro atoms. The van der Waals surface area contributed by atoms with Crippen LogP contribution >= 0.6 is 0 Å². The topological polar surface area (TPSA) is 82.5 Å². The molecule has 7 heteroatoms. The number of alkyl halides is 2. The van der Waals surface area contributed by atoms with Crippen LogP contribution in [0.15, 0.2) is 30.3 Å². The Kier molecular flexibility index (Phi) is 3.80. The molecule has 0 aliphatic heterocycles. The number of halogens is 2. The first kappa shape index (κ1) is 14.1. The van der Waals surface area contributed by atoms with Crippen LogP contribution in [0, 0.1) is 0 Å². The van der Waals surface area contributed by atoms with Crippen LogP contribution in [0.1, 0.15) is 10.5 Å². The molecular weight excluding hydrogens is 270 g/mol. The zero-order valence-corrected chi connectivity index (χ0v) is 10.3. The van der Waals surface area contributed by atoms with Crippen LogP contribution in [0.25, 0.3) is 10.8 Å². The van der Waals surface area contributed by atoms with E-state index in [1.54, 1.807) is 24.3 Å². The second-order valence-electron chi connectivity index (χ2n) is 4.25. The van der Waals surface area contributed by atoms with Crippen LogP contribution in [0.4, 0.5) is 14.6 Å². The first-order valence-corrected chi connectivity index (χ1v) is 5.78. The van der Waals surface area contributed by atoms with Crippen molar-refractivity contribution in [1.82, 2.24) is 4.98 Å². The lowest BCUT2D eigenvalue weighted by Crippen LogP contribution is -2.31. The molecule has 0 fully saturated rings. The minimum atomic E-state index is -3.30. The van der Waals surface area contributed by atoms with Gasteiger partial charge in [-0.15, -0.1) is 0 Å². The Hall–Kier alpha value is -2.28. The Morgan fingerprint density at radius 3 is 2.70 bits per heavy atom. The second-order valence-corrected chi connectivity index (χ2v) is 4.25. The number of fused-ring (bicyclic) bond motifs is 1. The summed E-state index contributed by atoms with van der Waals surface area (Å²) in [7, 11) is 0. The Bertz CT molecular complexity index is 647. The van der Waals surface area contributed by atoms with Gasteiger partial charge in [-0.3, -0.25) is 0 Å². The number of aromatic nitrogens is 1. The van der Waals surface area contributed by atoms with Gasteiger partial charge < -0.3 is 15.5 Å². The van der Waals surface area contributed by atoms with Gasteiger partial charge in [-0.1, -0.05) is 24.3 Å². The second kappa shape index (κ2) is 5.38. The molecule has 5 nitrogen and oxygen atoms in total. The number of hydrogen-bond donors (Lipinski definition) is 3. The van der Waals surface area contributed by atoms with E-state index < -0.39 is 25.0 Å². The number of nitrogens with one attached hydrogen (secondary N) is 1. The van der Waals surface area contributed by atoms with Crippen molar-refractivity contribution in [2.45, 2.75) is 5.92 Å². The quantitative estimate of drug-likeness (QED) is 0.781. The van der Waals surface area contributed by atoms with Gasteiger partial charge in [0.2, 0.25) is 0 Å². The molecule has 2 rings (SSSR count). The van der Waals surface area contributed by atoms with Crippen molar-refractivity contribution in [3.63, 3.8) is 0 Å². The zero-order chi connectivity index (χ0) is 14.8. The number of carboxylic acid groups (broad SMARTS) is 1. The summed E-state index contributed by atoms with van der Waals surface area (Å²) in [4.78, 5) is 14.8. The number of rotatable bonds is 5. The number of aliphatic hydroxyl groups excluding tert-OH is 1. The lowest BCUT2D eigenvalue weighted by molar-refractivity contribution is -0.0373. The Labute approximate surface area is 112 Å². The highest BCUT2D eigenvalue weighted by Gasteiger charge is 2.27. The van der Waals surface area contributed by atoms with E-state index in [1.807, 2.05) is 0 Å². The summed E-state index contributed by atoms with van der Waals surface area (Å²) in [6.45, 7) is -2.12. The number of carbonyl (C=O) groups is 1. The number of benzene rings is 1. The van der Waals surface area contributed by atoms with Crippen molar-refractivity contribution in [3.05, 3.63) is 36.0 Å². The molecule has 2 aromatic rings. The molecule has 0 saturated carbocycles. The van der Waals surface area contributed by atoms with Crippen LogP contribution in [0.2, 0.25) is 0 Å². The predicted octanol–water partition coefficient (Wildman–Crippen LogP) is 1.97. The number of hydrogen-bond acceptors (Lipinski definition) is 4. The lowest BCUT2D eigenvalue weighted by atomic mass is 10.1. The molecule has 1 heterocycles. The van der Waals surface area contributed by atoms with Gasteiger partial charge in [0.15, 0.2) is 5.69 Å². The molecular formula is C13H12F2N2O3. The third-order valence-corrected chi connectivity index (χ3v) is 2.71. The van der Waals surface area contributed by atoms with E-state index in [9.17, 15) is 13.6 Å². The minimum absolute atomic E-state index is 0.0497. The van der Waals surface area contributed by atoms with Crippen molar-refractivity contribution in [2.75, 3.05) is 18.5 Å². The van der Waals surface area contributed by atoms with Crippen LogP contribution in [0.5, 0.6) is 0 Å². The Morgan fingerprint density at radius 1 is 1.35 bits per heavy atom. The molecule has 0 aliphatic rings. The molecule has 0 bridgehead atoms. The van der Waals surface area contributed by atoms with Crippen LogP contribution in [-0.4, -0.2) is 40.2 Å². The van der Waals surface area contributed by atoms with Crippen molar-refractivity contribution in [1.29, 1.82) is 0 Å². The van der Waals surface area contributed by atoms with E-state index in [1.165, 1.54) is 6.07 Å². The van der Waals surface area contributed by atoms with Gasteiger partial charge in [-0.2, -0.15) is 0 Å². The number of nitrogens with zero attached hydrogens (tertiary/aromatic N) is 1. The summed E-state index contributed by atoms with van der Waals surface area (Å²) in [6, 6.07) is 8.08. The van der Waals surface area contributed by atoms with Crippen molar-refractivity contribution in [2.24, 2.45) is 0 Å². The number of aliphatic hydroxyl groups is 1. The third kappa shape index (κ3) is 3.00. The average Bonchev–Trinajstić information content (AvgIpc) is 2.44. The summed E-state index contributed by atoms with van der Waals surface area (Å²) in [5.41, 5.74) is -0.237. The van der Waals surface area contributed by atoms with Gasteiger partial charge in [0, 0.05) is 5.39 Å². The molecule has 0 unspecified atom stereocenters. The van der Waals surface area contributed by atoms with Crippen LogP contribution in [0.3, 0.4) is 0 Å². The first-order chi connectivity index (χ1) is 9.43. The number of anilines is 1. The lowest BCUT2D eigenvalue weighted by Gasteiger charge is -2.16. The van der Waals surface area contributed by atoms with Gasteiger partial charge >= 0.3 is 5.97 Å². The molecule has 0 amide bonds. The summed E-state index contributed by atoms with van der Waals surface area (Å²) >= 11 is 0. The van der Waals surface area contributed by atoms with E-state index >= 15 is 0 Å². The van der Waals surface area contributed by atoms with Crippen LogP contribution in [-0.2, 0) is 0 Å². The molecule has 1 aromatic heterocycles. The molecule has 106 valence electrons. The average molecular weight is 282 g/mol. The number of aromatic carboxylic acids is 1. The summed E-state index contributed by atoms with van der Waals surface area (Å²) < 4.78 is 26.1. The van der Waals surface area contributed by atoms with E-state index in [2.05, 4.69) is 10.3 Å². The monoisotopic (exact) mass is 282 g/mol. The fourth-order valence-corrected chi connectivity index (χ4v) is 1.71. The number of pyridine rings is 1. The summed E-state index contributed by atoms with van der Waals surface area (Å²) in [6.07, 6.45) is 0. The highest BCUT2D eigenvalue weighted by Crippen LogP contribution is 2.24. The van der Waals surface area contributed by atoms with Crippen molar-refractivity contribution < 1.29 is 23.8 Å². The molecule has 0 saturated heterocycles. The maximum absolute atomic E-state index is 13.0. The van der Waals surface area contributed by atoms with Gasteiger partial charge in [-0.25, -0.2) is 18.6 Å². The largest absolute Gasteiger partial charge is 0.477 e. The molecule has 1 aromatic carbocycles. The van der Waals surface area contributed by atoms with Crippen molar-refractivity contribution >= 4 is 22.6 Å². The van der Waals surface area contributed by atoms with Gasteiger partial charge in [0.25, 0.3) is 5.92 Å². The minimum Gasteiger partial charge on any atom is -0.477 e. The standard InChI is InChI=1S/C13H12F2N2O3/c14-13(15,7-18)6-16-11-9-4-2-1-3-8(9)5-10(17-11)12(19)20/h1-5,18H,6-7H2,(H,16,17)(H,19,20). The SMILES string of the molecule is O=C(O)c1cc2ccccc2c(NCC(F)(F)CO)n1. The zero-order valence-electron chi connectivity index (χ0n) is 10.3. The Morgan fingerprint density at radius 2 is 2.05 bits per heavy atom. The van der Waals surface area contributed by atoms with E-state index in [0.717, 1.165) is 0 Å². The molecule has 3 N–H and O–H groups in total. The molecule has 0 aliphatic carbocycles. The molecule has 0 radical (unpaired) electrons. The van der Waals surface area contributed by atoms with Crippen molar-refractivity contribution in [3.8, 4) is 0 Å². The number of carboxylic acids is 1.